The van der Waals surface area contributed by atoms with Gasteiger partial charge >= 0.3 is 6.03 Å². The van der Waals surface area contributed by atoms with Crippen LogP contribution < -0.4 is 27.0 Å². The molecule has 35 heavy (non-hydrogen) atoms. The van der Waals surface area contributed by atoms with E-state index in [-0.39, 0.29) is 31.3 Å². The smallest absolute Gasteiger partial charge is 0.315 e. The van der Waals surface area contributed by atoms with Gasteiger partial charge in [-0.05, 0) is 47.0 Å². The molecule has 6 N–H and O–H groups in total. The molecular formula is C24H38N6O5. The van der Waals surface area contributed by atoms with Gasteiger partial charge in [0.2, 0.25) is 23.6 Å². The fourth-order valence-corrected chi connectivity index (χ4v) is 3.60. The summed E-state index contributed by atoms with van der Waals surface area (Å²) >= 11 is 0. The normalized spacial score (nSPS) is 17.4. The van der Waals surface area contributed by atoms with Gasteiger partial charge in [0.15, 0.2) is 0 Å². The van der Waals surface area contributed by atoms with Crippen molar-refractivity contribution in [3.8, 4) is 0 Å². The molecule has 0 aliphatic carbocycles. The number of allylic oxidation sites excluding steroid dienone is 2. The van der Waals surface area contributed by atoms with Crippen LogP contribution in [0.2, 0.25) is 0 Å². The zero-order valence-corrected chi connectivity index (χ0v) is 21.0. The summed E-state index contributed by atoms with van der Waals surface area (Å²) in [6.07, 6.45) is 5.35. The van der Waals surface area contributed by atoms with E-state index in [1.54, 1.807) is 27.7 Å². The van der Waals surface area contributed by atoms with Gasteiger partial charge < -0.3 is 31.9 Å². The first-order chi connectivity index (χ1) is 16.5. The van der Waals surface area contributed by atoms with Crippen LogP contribution in [0.1, 0.15) is 47.0 Å². The number of likely N-dealkylation sites (tertiary alicyclic amines) is 1. The first-order valence-corrected chi connectivity index (χ1v) is 11.6. The topological polar surface area (TPSA) is 163 Å². The predicted molar refractivity (Wildman–Crippen MR) is 133 cm³/mol. The lowest BCUT2D eigenvalue weighted by atomic mass is 10.1. The van der Waals surface area contributed by atoms with E-state index in [1.165, 1.54) is 23.1 Å². The first kappa shape index (κ1) is 29.4. The second-order valence-corrected chi connectivity index (χ2v) is 8.85. The van der Waals surface area contributed by atoms with Gasteiger partial charge in [-0.2, -0.15) is 0 Å². The number of nitrogens with two attached hydrogens (primary N) is 1. The van der Waals surface area contributed by atoms with E-state index in [0.29, 0.717) is 19.4 Å². The van der Waals surface area contributed by atoms with Crippen molar-refractivity contribution in [2.24, 2.45) is 5.73 Å². The molecule has 194 valence electrons. The van der Waals surface area contributed by atoms with Crippen LogP contribution in [0.4, 0.5) is 4.79 Å². The van der Waals surface area contributed by atoms with E-state index in [2.05, 4.69) is 27.8 Å². The number of hydrogen-bond acceptors (Lipinski definition) is 5. The van der Waals surface area contributed by atoms with Gasteiger partial charge in [0, 0.05) is 31.8 Å². The Bertz CT molecular complexity index is 874. The summed E-state index contributed by atoms with van der Waals surface area (Å²) in [6.45, 7) is 11.5. The van der Waals surface area contributed by atoms with Crippen molar-refractivity contribution >= 4 is 29.7 Å². The van der Waals surface area contributed by atoms with Gasteiger partial charge in [0.05, 0.1) is 6.04 Å². The molecule has 0 aromatic rings. The van der Waals surface area contributed by atoms with Crippen LogP contribution in [-0.4, -0.2) is 72.3 Å². The Hall–Kier alpha value is -3.63. The summed E-state index contributed by atoms with van der Waals surface area (Å²) in [5.41, 5.74) is 7.11. The van der Waals surface area contributed by atoms with Crippen molar-refractivity contribution in [1.82, 2.24) is 26.2 Å². The van der Waals surface area contributed by atoms with Crippen LogP contribution in [-0.2, 0) is 19.2 Å². The first-order valence-electron chi connectivity index (χ1n) is 11.6. The molecule has 0 aromatic carbocycles. The van der Waals surface area contributed by atoms with E-state index in [4.69, 9.17) is 5.73 Å². The van der Waals surface area contributed by atoms with Crippen LogP contribution >= 0.6 is 0 Å². The van der Waals surface area contributed by atoms with Crippen LogP contribution in [0.3, 0.4) is 0 Å². The molecule has 11 heteroatoms. The molecule has 1 heterocycles. The number of hydrogen-bond donors (Lipinski definition) is 5. The average molecular weight is 491 g/mol. The van der Waals surface area contributed by atoms with Gasteiger partial charge in [0.1, 0.15) is 12.1 Å². The summed E-state index contributed by atoms with van der Waals surface area (Å²) in [4.78, 5) is 63.2. The van der Waals surface area contributed by atoms with E-state index >= 15 is 0 Å². The summed E-state index contributed by atoms with van der Waals surface area (Å²) in [5, 5.41) is 10.6. The second-order valence-electron chi connectivity index (χ2n) is 8.85. The number of urea groups is 1. The van der Waals surface area contributed by atoms with Crippen molar-refractivity contribution in [2.75, 3.05) is 19.6 Å². The number of amides is 6. The maximum Gasteiger partial charge on any atom is 0.315 e. The lowest BCUT2D eigenvalue weighted by Crippen LogP contribution is -2.58. The Balaban J connectivity index is 2.91. The van der Waals surface area contributed by atoms with Gasteiger partial charge in [-0.1, -0.05) is 17.2 Å². The Morgan fingerprint density at radius 3 is 2.29 bits per heavy atom. The molecule has 1 fully saturated rings. The highest BCUT2D eigenvalue weighted by Crippen LogP contribution is 2.20. The van der Waals surface area contributed by atoms with Crippen LogP contribution in [0.5, 0.6) is 0 Å². The van der Waals surface area contributed by atoms with Gasteiger partial charge in [-0.15, -0.1) is 6.58 Å². The van der Waals surface area contributed by atoms with E-state index in [1.807, 2.05) is 0 Å². The summed E-state index contributed by atoms with van der Waals surface area (Å²) < 4.78 is 0. The fraction of sp³-hybridized carbons (Fsp3) is 0.542. The molecular weight excluding hydrogens is 452 g/mol. The van der Waals surface area contributed by atoms with Crippen molar-refractivity contribution in [3.05, 3.63) is 36.0 Å². The maximum atomic E-state index is 13.2. The number of nitrogens with zero attached hydrogens (tertiary/aromatic N) is 1. The zero-order valence-electron chi connectivity index (χ0n) is 21.0. The SMILES string of the molecule is C=CCNC(=O)NC1CCN(C(=O)C=C(C)C)C1C(=O)NC(CCCNC(=O)C=C(C)C)C(N)=O. The predicted octanol–water partition coefficient (Wildman–Crippen LogP) is 0.240. The molecule has 3 atom stereocenters. The van der Waals surface area contributed by atoms with Crippen molar-refractivity contribution < 1.29 is 24.0 Å². The maximum absolute atomic E-state index is 13.2. The Morgan fingerprint density at radius 2 is 1.71 bits per heavy atom. The number of carbonyl (C=O) groups is 5. The highest BCUT2D eigenvalue weighted by molar-refractivity contribution is 5.96. The molecule has 0 aromatic heterocycles. The van der Waals surface area contributed by atoms with Crippen LogP contribution in [0.15, 0.2) is 36.0 Å². The van der Waals surface area contributed by atoms with Crippen molar-refractivity contribution in [2.45, 2.75) is 65.1 Å². The highest BCUT2D eigenvalue weighted by Gasteiger charge is 2.42. The molecule has 3 unspecified atom stereocenters. The van der Waals surface area contributed by atoms with Crippen molar-refractivity contribution in [3.63, 3.8) is 0 Å². The molecule has 1 rings (SSSR count). The summed E-state index contributed by atoms with van der Waals surface area (Å²) in [5.74, 6) is -1.93. The van der Waals surface area contributed by atoms with Gasteiger partial charge in [-0.3, -0.25) is 19.2 Å². The molecule has 0 saturated carbocycles. The molecule has 0 radical (unpaired) electrons. The molecule has 1 aliphatic heterocycles. The fourth-order valence-electron chi connectivity index (χ4n) is 3.60. The summed E-state index contributed by atoms with van der Waals surface area (Å²) in [7, 11) is 0. The van der Waals surface area contributed by atoms with Gasteiger partial charge in [-0.25, -0.2) is 4.79 Å². The van der Waals surface area contributed by atoms with Crippen molar-refractivity contribution in [1.29, 1.82) is 0 Å². The number of rotatable bonds is 12. The third-order valence-electron chi connectivity index (χ3n) is 5.13. The Morgan fingerprint density at radius 1 is 1.06 bits per heavy atom. The lowest BCUT2D eigenvalue weighted by Gasteiger charge is -2.28. The minimum Gasteiger partial charge on any atom is -0.368 e. The summed E-state index contributed by atoms with van der Waals surface area (Å²) in [6, 6.07) is -3.18. The molecule has 0 spiro atoms. The minimum absolute atomic E-state index is 0.197. The largest absolute Gasteiger partial charge is 0.368 e. The third-order valence-corrected chi connectivity index (χ3v) is 5.13. The molecule has 6 amide bonds. The zero-order chi connectivity index (χ0) is 26.5. The third kappa shape index (κ3) is 10.4. The lowest BCUT2D eigenvalue weighted by molar-refractivity contribution is -0.137. The number of primary amides is 1. The number of nitrogens with one attached hydrogen (secondary N) is 4. The monoisotopic (exact) mass is 490 g/mol. The molecule has 0 bridgehead atoms. The van der Waals surface area contributed by atoms with E-state index in [9.17, 15) is 24.0 Å². The Labute approximate surface area is 206 Å². The average Bonchev–Trinajstić information content (AvgIpc) is 3.16. The van der Waals surface area contributed by atoms with E-state index < -0.39 is 36.0 Å². The Kier molecular flexibility index (Phi) is 12.3. The minimum atomic E-state index is -1.02. The standard InChI is InChI=1S/C24H38N6O5/c1-6-10-27-24(35)29-17-9-12-30(20(32)14-16(4)5)21(17)23(34)28-18(22(25)33)8-7-11-26-19(31)13-15(2)3/h6,13-14,17-18,21H,1,7-12H2,2-5H3,(H2,25,33)(H,26,31)(H,28,34)(H2,27,29,35). The molecule has 11 nitrogen and oxygen atoms in total. The van der Waals surface area contributed by atoms with E-state index in [0.717, 1.165) is 11.1 Å². The second kappa shape index (κ2) is 14.6. The molecule has 1 aliphatic rings. The number of carbonyl (C=O) groups excluding carboxylic acids is 5. The van der Waals surface area contributed by atoms with Gasteiger partial charge in [0.25, 0.3) is 0 Å². The molecule has 1 saturated heterocycles. The quantitative estimate of drug-likeness (QED) is 0.150. The van der Waals surface area contributed by atoms with Crippen LogP contribution in [0.25, 0.3) is 0 Å². The highest BCUT2D eigenvalue weighted by atomic mass is 16.2. The van der Waals surface area contributed by atoms with Crippen LogP contribution in [0, 0.1) is 0 Å².